The smallest absolute Gasteiger partial charge is 0.341 e. The lowest BCUT2D eigenvalue weighted by Crippen LogP contribution is -2.05. The quantitative estimate of drug-likeness (QED) is 0.860. The number of nitrogens with two attached hydrogens (primary N) is 1. The van der Waals surface area contributed by atoms with Crippen LogP contribution in [0.2, 0.25) is 0 Å². The summed E-state index contributed by atoms with van der Waals surface area (Å²) in [5.74, 6) is -0.357. The summed E-state index contributed by atoms with van der Waals surface area (Å²) in [6.07, 6.45) is 0. The van der Waals surface area contributed by atoms with E-state index in [0.717, 1.165) is 10.4 Å². The van der Waals surface area contributed by atoms with Crippen molar-refractivity contribution in [2.45, 2.75) is 13.8 Å². The molecular weight excluding hydrogens is 246 g/mol. The van der Waals surface area contributed by atoms with E-state index in [4.69, 9.17) is 10.5 Å². The van der Waals surface area contributed by atoms with Crippen LogP contribution in [0.3, 0.4) is 0 Å². The molecule has 4 heteroatoms. The van der Waals surface area contributed by atoms with Gasteiger partial charge in [-0.05, 0) is 25.5 Å². The van der Waals surface area contributed by atoms with Crippen molar-refractivity contribution in [3.63, 3.8) is 0 Å². The maximum Gasteiger partial charge on any atom is 0.341 e. The number of carbonyl (C=O) groups is 1. The van der Waals surface area contributed by atoms with Crippen molar-refractivity contribution in [2.75, 3.05) is 12.3 Å². The SMILES string of the molecule is CCOC(=O)c1cc(-c2ccc(C)cc2)sc1N. The van der Waals surface area contributed by atoms with Crippen LogP contribution in [0.4, 0.5) is 5.00 Å². The molecule has 0 saturated heterocycles. The number of hydrogen-bond donors (Lipinski definition) is 1. The molecule has 0 bridgehead atoms. The fourth-order valence-electron chi connectivity index (χ4n) is 1.63. The van der Waals surface area contributed by atoms with Crippen molar-refractivity contribution in [3.8, 4) is 10.4 Å². The molecule has 0 aliphatic heterocycles. The van der Waals surface area contributed by atoms with Crippen molar-refractivity contribution in [2.24, 2.45) is 0 Å². The molecule has 1 aromatic carbocycles. The third-order valence-corrected chi connectivity index (χ3v) is 3.61. The third kappa shape index (κ3) is 2.54. The first-order chi connectivity index (χ1) is 8.61. The molecule has 1 aromatic heterocycles. The fraction of sp³-hybridized carbons (Fsp3) is 0.214. The Morgan fingerprint density at radius 3 is 2.61 bits per heavy atom. The summed E-state index contributed by atoms with van der Waals surface area (Å²) in [6, 6.07) is 9.91. The summed E-state index contributed by atoms with van der Waals surface area (Å²) in [5, 5.41) is 0.504. The Hall–Kier alpha value is -1.81. The molecule has 0 aliphatic rings. The van der Waals surface area contributed by atoms with Crippen molar-refractivity contribution < 1.29 is 9.53 Å². The minimum Gasteiger partial charge on any atom is -0.462 e. The minimum absolute atomic E-state index is 0.355. The summed E-state index contributed by atoms with van der Waals surface area (Å²) in [6.45, 7) is 4.17. The number of ether oxygens (including phenoxy) is 1. The van der Waals surface area contributed by atoms with Crippen LogP contribution in [0.5, 0.6) is 0 Å². The summed E-state index contributed by atoms with van der Waals surface area (Å²) in [7, 11) is 0. The number of hydrogen-bond acceptors (Lipinski definition) is 4. The van der Waals surface area contributed by atoms with E-state index in [-0.39, 0.29) is 5.97 Å². The Balaban J connectivity index is 2.34. The fourth-order valence-corrected chi connectivity index (χ4v) is 2.55. The Morgan fingerprint density at radius 1 is 1.33 bits per heavy atom. The Bertz CT molecular complexity index is 558. The number of rotatable bonds is 3. The zero-order valence-corrected chi connectivity index (χ0v) is 11.2. The Labute approximate surface area is 110 Å². The number of benzene rings is 1. The predicted molar refractivity (Wildman–Crippen MR) is 74.9 cm³/mol. The molecule has 0 atom stereocenters. The number of esters is 1. The lowest BCUT2D eigenvalue weighted by atomic mass is 10.1. The van der Waals surface area contributed by atoms with E-state index in [1.54, 1.807) is 13.0 Å². The first-order valence-electron chi connectivity index (χ1n) is 5.75. The number of thiophene rings is 1. The van der Waals surface area contributed by atoms with Crippen LogP contribution in [0.25, 0.3) is 10.4 Å². The van der Waals surface area contributed by atoms with Crippen LogP contribution in [0, 0.1) is 6.92 Å². The van der Waals surface area contributed by atoms with E-state index >= 15 is 0 Å². The van der Waals surface area contributed by atoms with Gasteiger partial charge in [0, 0.05) is 4.88 Å². The van der Waals surface area contributed by atoms with Gasteiger partial charge in [-0.2, -0.15) is 0 Å². The van der Waals surface area contributed by atoms with Crippen molar-refractivity contribution in [1.82, 2.24) is 0 Å². The minimum atomic E-state index is -0.357. The van der Waals surface area contributed by atoms with Crippen LogP contribution >= 0.6 is 11.3 Å². The molecule has 2 rings (SSSR count). The third-order valence-electron chi connectivity index (χ3n) is 2.59. The Kier molecular flexibility index (Phi) is 3.67. The second kappa shape index (κ2) is 5.23. The van der Waals surface area contributed by atoms with Crippen molar-refractivity contribution >= 4 is 22.3 Å². The van der Waals surface area contributed by atoms with Gasteiger partial charge in [0.15, 0.2) is 0 Å². The van der Waals surface area contributed by atoms with Gasteiger partial charge in [0.2, 0.25) is 0 Å². The number of anilines is 1. The zero-order valence-electron chi connectivity index (χ0n) is 10.4. The molecule has 0 radical (unpaired) electrons. The van der Waals surface area contributed by atoms with Gasteiger partial charge < -0.3 is 10.5 Å². The normalized spacial score (nSPS) is 10.3. The van der Waals surface area contributed by atoms with Gasteiger partial charge in [-0.1, -0.05) is 29.8 Å². The van der Waals surface area contributed by atoms with Crippen molar-refractivity contribution in [1.29, 1.82) is 0 Å². The molecule has 0 saturated carbocycles. The van der Waals surface area contributed by atoms with E-state index in [9.17, 15) is 4.79 Å². The van der Waals surface area contributed by atoms with Gasteiger partial charge in [0.25, 0.3) is 0 Å². The standard InChI is InChI=1S/C14H15NO2S/c1-3-17-14(16)11-8-12(18-13(11)15)10-6-4-9(2)5-7-10/h4-8H,3,15H2,1-2H3. The topological polar surface area (TPSA) is 52.3 Å². The lowest BCUT2D eigenvalue weighted by Gasteiger charge is -1.99. The van der Waals surface area contributed by atoms with Gasteiger partial charge in [0.1, 0.15) is 5.00 Å². The molecule has 0 fully saturated rings. The maximum absolute atomic E-state index is 11.7. The first kappa shape index (κ1) is 12.6. The molecule has 0 aliphatic carbocycles. The predicted octanol–water partition coefficient (Wildman–Crippen LogP) is 3.48. The largest absolute Gasteiger partial charge is 0.462 e. The van der Waals surface area contributed by atoms with Crippen LogP contribution in [-0.2, 0) is 4.74 Å². The number of carbonyl (C=O) groups excluding carboxylic acids is 1. The zero-order chi connectivity index (χ0) is 13.1. The first-order valence-corrected chi connectivity index (χ1v) is 6.57. The molecule has 0 amide bonds. The van der Waals surface area contributed by atoms with Crippen LogP contribution < -0.4 is 5.73 Å². The molecule has 2 N–H and O–H groups in total. The highest BCUT2D eigenvalue weighted by molar-refractivity contribution is 7.19. The molecule has 94 valence electrons. The second-order valence-electron chi connectivity index (χ2n) is 3.98. The van der Waals surface area contributed by atoms with E-state index in [0.29, 0.717) is 17.2 Å². The van der Waals surface area contributed by atoms with Crippen LogP contribution in [-0.4, -0.2) is 12.6 Å². The molecule has 0 unspecified atom stereocenters. The monoisotopic (exact) mass is 261 g/mol. The average Bonchev–Trinajstić information content (AvgIpc) is 2.72. The van der Waals surface area contributed by atoms with Gasteiger partial charge in [-0.3, -0.25) is 0 Å². The molecule has 2 aromatic rings. The van der Waals surface area contributed by atoms with Crippen LogP contribution in [0.15, 0.2) is 30.3 Å². The molecule has 0 spiro atoms. The van der Waals surface area contributed by atoms with Crippen LogP contribution in [0.1, 0.15) is 22.8 Å². The molecule has 3 nitrogen and oxygen atoms in total. The highest BCUT2D eigenvalue weighted by Gasteiger charge is 2.15. The maximum atomic E-state index is 11.7. The summed E-state index contributed by atoms with van der Waals surface area (Å²) in [4.78, 5) is 12.7. The highest BCUT2D eigenvalue weighted by atomic mass is 32.1. The van der Waals surface area contributed by atoms with Gasteiger partial charge >= 0.3 is 5.97 Å². The summed E-state index contributed by atoms with van der Waals surface area (Å²) < 4.78 is 4.96. The highest BCUT2D eigenvalue weighted by Crippen LogP contribution is 2.33. The van der Waals surface area contributed by atoms with Crippen molar-refractivity contribution in [3.05, 3.63) is 41.5 Å². The van der Waals surface area contributed by atoms with E-state index < -0.39 is 0 Å². The van der Waals surface area contributed by atoms with Gasteiger partial charge in [0.05, 0.1) is 12.2 Å². The second-order valence-corrected chi connectivity index (χ2v) is 5.06. The summed E-state index contributed by atoms with van der Waals surface area (Å²) in [5.41, 5.74) is 8.58. The molecular formula is C14H15NO2S. The van der Waals surface area contributed by atoms with E-state index in [1.165, 1.54) is 16.9 Å². The van der Waals surface area contributed by atoms with E-state index in [2.05, 4.69) is 0 Å². The molecule has 18 heavy (non-hydrogen) atoms. The van der Waals surface area contributed by atoms with E-state index in [1.807, 2.05) is 31.2 Å². The van der Waals surface area contributed by atoms with Gasteiger partial charge in [-0.15, -0.1) is 11.3 Å². The lowest BCUT2D eigenvalue weighted by molar-refractivity contribution is 0.0528. The van der Waals surface area contributed by atoms with Gasteiger partial charge in [-0.25, -0.2) is 4.79 Å². The number of nitrogen functional groups attached to an aromatic ring is 1. The Morgan fingerprint density at radius 2 is 2.00 bits per heavy atom. The summed E-state index contributed by atoms with van der Waals surface area (Å²) >= 11 is 1.40. The number of aryl methyl sites for hydroxylation is 1. The average molecular weight is 261 g/mol. The molecule has 1 heterocycles.